The van der Waals surface area contributed by atoms with E-state index >= 15 is 0 Å². The van der Waals surface area contributed by atoms with Crippen molar-refractivity contribution in [3.05, 3.63) is 56.0 Å². The first-order valence-corrected chi connectivity index (χ1v) is 6.90. The minimum atomic E-state index is -0.466. The van der Waals surface area contributed by atoms with Crippen LogP contribution in [-0.4, -0.2) is 9.97 Å². The number of H-pyrrole nitrogens is 2. The quantitative estimate of drug-likeness (QED) is 0.752. The van der Waals surface area contributed by atoms with Gasteiger partial charge in [0.25, 0.3) is 5.56 Å². The van der Waals surface area contributed by atoms with Gasteiger partial charge in [-0.05, 0) is 17.5 Å². The first kappa shape index (κ1) is 11.9. The molecule has 2 N–H and O–H groups in total. The molecule has 0 aliphatic heterocycles. The van der Waals surface area contributed by atoms with Crippen molar-refractivity contribution in [1.82, 2.24) is 9.97 Å². The molecule has 0 unspecified atom stereocenters. The molecule has 0 radical (unpaired) electrons. The minimum Gasteiger partial charge on any atom is -0.298 e. The zero-order chi connectivity index (χ0) is 13.4. The van der Waals surface area contributed by atoms with E-state index in [-0.39, 0.29) is 5.56 Å². The molecule has 19 heavy (non-hydrogen) atoms. The van der Waals surface area contributed by atoms with Gasteiger partial charge in [-0.25, -0.2) is 4.79 Å². The number of aryl methyl sites for hydroxylation is 1. The van der Waals surface area contributed by atoms with Crippen molar-refractivity contribution in [2.24, 2.45) is 0 Å². The van der Waals surface area contributed by atoms with Crippen LogP contribution in [0.4, 0.5) is 0 Å². The highest BCUT2D eigenvalue weighted by Gasteiger charge is 2.11. The predicted molar refractivity (Wildman–Crippen MR) is 77.9 cm³/mol. The third kappa shape index (κ3) is 2.02. The molecule has 3 aromatic rings. The summed E-state index contributed by atoms with van der Waals surface area (Å²) in [6.07, 6.45) is 0.985. The Hall–Kier alpha value is -2.14. The standard InChI is InChI=1S/C14H12N2O2S/c1-2-8-3-5-9(6-4-8)10-7-19-13-11(10)12(17)15-14(18)16-13/h3-7H,2H2,1H3,(H2,15,16,17,18). The Bertz CT molecular complexity index is 840. The molecule has 5 heteroatoms. The Morgan fingerprint density at radius 1 is 1.11 bits per heavy atom. The second kappa shape index (κ2) is 4.51. The van der Waals surface area contributed by atoms with E-state index in [1.54, 1.807) is 0 Å². The number of hydrogen-bond donors (Lipinski definition) is 2. The van der Waals surface area contributed by atoms with Crippen LogP contribution in [0.1, 0.15) is 12.5 Å². The summed E-state index contributed by atoms with van der Waals surface area (Å²) in [5.41, 5.74) is 2.30. The van der Waals surface area contributed by atoms with Crippen molar-refractivity contribution in [2.45, 2.75) is 13.3 Å². The molecule has 2 heterocycles. The molecule has 0 amide bonds. The Morgan fingerprint density at radius 2 is 1.84 bits per heavy atom. The van der Waals surface area contributed by atoms with E-state index < -0.39 is 5.69 Å². The fourth-order valence-electron chi connectivity index (χ4n) is 2.11. The maximum absolute atomic E-state index is 11.9. The molecule has 0 saturated heterocycles. The SMILES string of the molecule is CCc1ccc(-c2csc3[nH]c(=O)[nH]c(=O)c23)cc1. The van der Waals surface area contributed by atoms with Crippen molar-refractivity contribution >= 4 is 21.6 Å². The highest BCUT2D eigenvalue weighted by Crippen LogP contribution is 2.30. The highest BCUT2D eigenvalue weighted by molar-refractivity contribution is 7.17. The van der Waals surface area contributed by atoms with E-state index in [1.807, 2.05) is 17.5 Å². The van der Waals surface area contributed by atoms with Crippen LogP contribution in [-0.2, 0) is 6.42 Å². The number of hydrogen-bond acceptors (Lipinski definition) is 3. The van der Waals surface area contributed by atoms with Gasteiger partial charge < -0.3 is 0 Å². The Kier molecular flexibility index (Phi) is 2.83. The molecule has 2 aromatic heterocycles. The van der Waals surface area contributed by atoms with Crippen molar-refractivity contribution in [1.29, 1.82) is 0 Å². The molecule has 0 spiro atoms. The summed E-state index contributed by atoms with van der Waals surface area (Å²) in [5.74, 6) is 0. The van der Waals surface area contributed by atoms with Gasteiger partial charge in [0, 0.05) is 10.9 Å². The van der Waals surface area contributed by atoms with Gasteiger partial charge in [-0.2, -0.15) is 0 Å². The van der Waals surface area contributed by atoms with E-state index in [0.29, 0.717) is 10.2 Å². The maximum atomic E-state index is 11.9. The van der Waals surface area contributed by atoms with E-state index in [2.05, 4.69) is 29.0 Å². The number of aromatic amines is 2. The average molecular weight is 272 g/mol. The van der Waals surface area contributed by atoms with E-state index in [9.17, 15) is 9.59 Å². The normalized spacial score (nSPS) is 11.0. The fraction of sp³-hybridized carbons (Fsp3) is 0.143. The minimum absolute atomic E-state index is 0.338. The van der Waals surface area contributed by atoms with E-state index in [4.69, 9.17) is 0 Å². The van der Waals surface area contributed by atoms with Crippen molar-refractivity contribution in [2.75, 3.05) is 0 Å². The lowest BCUT2D eigenvalue weighted by Crippen LogP contribution is -2.21. The smallest absolute Gasteiger partial charge is 0.298 e. The summed E-state index contributed by atoms with van der Waals surface area (Å²) in [6.45, 7) is 2.10. The Balaban J connectivity index is 2.25. The average Bonchev–Trinajstić information content (AvgIpc) is 2.83. The third-order valence-corrected chi connectivity index (χ3v) is 4.04. The second-order valence-electron chi connectivity index (χ2n) is 4.31. The monoisotopic (exact) mass is 272 g/mol. The molecule has 96 valence electrons. The molecular formula is C14H12N2O2S. The van der Waals surface area contributed by atoms with Crippen LogP contribution in [0.5, 0.6) is 0 Å². The molecule has 0 atom stereocenters. The highest BCUT2D eigenvalue weighted by atomic mass is 32.1. The first-order chi connectivity index (χ1) is 9.19. The molecule has 0 bridgehead atoms. The van der Waals surface area contributed by atoms with Crippen LogP contribution in [0, 0.1) is 0 Å². The molecule has 1 aromatic carbocycles. The van der Waals surface area contributed by atoms with Gasteiger partial charge in [0.05, 0.1) is 5.39 Å². The van der Waals surface area contributed by atoms with Gasteiger partial charge in [-0.1, -0.05) is 31.2 Å². The first-order valence-electron chi connectivity index (χ1n) is 6.02. The topological polar surface area (TPSA) is 65.7 Å². The molecule has 0 aliphatic rings. The second-order valence-corrected chi connectivity index (χ2v) is 5.19. The number of thiophene rings is 1. The Labute approximate surface area is 112 Å². The third-order valence-electron chi connectivity index (χ3n) is 3.15. The van der Waals surface area contributed by atoms with Crippen LogP contribution >= 0.6 is 11.3 Å². The zero-order valence-corrected chi connectivity index (χ0v) is 11.1. The fourth-order valence-corrected chi connectivity index (χ4v) is 3.07. The number of rotatable bonds is 2. The van der Waals surface area contributed by atoms with Crippen molar-refractivity contribution < 1.29 is 0 Å². The summed E-state index contributed by atoms with van der Waals surface area (Å²) in [4.78, 5) is 28.7. The molecule has 0 fully saturated rings. The van der Waals surface area contributed by atoms with Crippen LogP contribution in [0.3, 0.4) is 0 Å². The summed E-state index contributed by atoms with van der Waals surface area (Å²) in [6, 6.07) is 8.12. The lowest BCUT2D eigenvalue weighted by Gasteiger charge is -2.01. The number of aromatic nitrogens is 2. The predicted octanol–water partition coefficient (Wildman–Crippen LogP) is 2.51. The van der Waals surface area contributed by atoms with Gasteiger partial charge >= 0.3 is 5.69 Å². The number of benzene rings is 1. The van der Waals surface area contributed by atoms with Crippen LogP contribution in [0.2, 0.25) is 0 Å². The van der Waals surface area contributed by atoms with Gasteiger partial charge in [-0.3, -0.25) is 14.8 Å². The summed E-state index contributed by atoms with van der Waals surface area (Å²) in [5, 5.41) is 2.45. The molecule has 0 aliphatic carbocycles. The van der Waals surface area contributed by atoms with E-state index in [0.717, 1.165) is 17.5 Å². The van der Waals surface area contributed by atoms with E-state index in [1.165, 1.54) is 16.9 Å². The van der Waals surface area contributed by atoms with Crippen LogP contribution < -0.4 is 11.2 Å². The molecular weight excluding hydrogens is 260 g/mol. The van der Waals surface area contributed by atoms with Crippen molar-refractivity contribution in [3.8, 4) is 11.1 Å². The maximum Gasteiger partial charge on any atom is 0.326 e. The van der Waals surface area contributed by atoms with Crippen LogP contribution in [0.25, 0.3) is 21.3 Å². The molecule has 0 saturated carbocycles. The summed E-state index contributed by atoms with van der Waals surface area (Å²) >= 11 is 1.37. The summed E-state index contributed by atoms with van der Waals surface area (Å²) in [7, 11) is 0. The van der Waals surface area contributed by atoms with Gasteiger partial charge in [0.2, 0.25) is 0 Å². The number of fused-ring (bicyclic) bond motifs is 1. The largest absolute Gasteiger partial charge is 0.326 e. The lowest BCUT2D eigenvalue weighted by atomic mass is 10.0. The molecule has 4 nitrogen and oxygen atoms in total. The van der Waals surface area contributed by atoms with Crippen LogP contribution in [0.15, 0.2) is 39.2 Å². The lowest BCUT2D eigenvalue weighted by molar-refractivity contribution is 1.09. The Morgan fingerprint density at radius 3 is 2.53 bits per heavy atom. The number of nitrogens with one attached hydrogen (secondary N) is 2. The van der Waals surface area contributed by atoms with Gasteiger partial charge in [-0.15, -0.1) is 11.3 Å². The molecule has 3 rings (SSSR count). The van der Waals surface area contributed by atoms with Gasteiger partial charge in [0.15, 0.2) is 0 Å². The summed E-state index contributed by atoms with van der Waals surface area (Å²) < 4.78 is 0. The van der Waals surface area contributed by atoms with Crippen molar-refractivity contribution in [3.63, 3.8) is 0 Å². The zero-order valence-electron chi connectivity index (χ0n) is 10.3. The van der Waals surface area contributed by atoms with Gasteiger partial charge in [0.1, 0.15) is 4.83 Å².